The van der Waals surface area contributed by atoms with Crippen LogP contribution in [0.4, 0.5) is 6.01 Å². The highest BCUT2D eigenvalue weighted by molar-refractivity contribution is 5.93. The van der Waals surface area contributed by atoms with E-state index in [1.165, 1.54) is 0 Å². The van der Waals surface area contributed by atoms with Crippen molar-refractivity contribution in [2.75, 3.05) is 11.4 Å². The first-order valence-electron chi connectivity index (χ1n) is 6.34. The van der Waals surface area contributed by atoms with Gasteiger partial charge >= 0.3 is 6.01 Å². The first-order chi connectivity index (χ1) is 8.22. The fourth-order valence-electron chi connectivity index (χ4n) is 1.89. The van der Waals surface area contributed by atoms with Gasteiger partial charge in [0.15, 0.2) is 5.82 Å². The third-order valence-corrected chi connectivity index (χ3v) is 3.20. The molecule has 0 unspecified atom stereocenters. The smallest absolute Gasteiger partial charge is 0.315 e. The van der Waals surface area contributed by atoms with Crippen LogP contribution in [-0.4, -0.2) is 22.6 Å². The molecule has 1 heterocycles. The fraction of sp³-hybridized carbons (Fsp3) is 0.750. The zero-order valence-corrected chi connectivity index (χ0v) is 10.5. The number of carbonyl (C=O) groups is 1. The van der Waals surface area contributed by atoms with E-state index in [0.717, 1.165) is 32.1 Å². The van der Waals surface area contributed by atoms with Crippen LogP contribution in [-0.2, 0) is 4.79 Å². The zero-order valence-electron chi connectivity index (χ0n) is 10.5. The maximum Gasteiger partial charge on any atom is 0.330 e. The number of amides is 1. The quantitative estimate of drug-likeness (QED) is 0.788. The summed E-state index contributed by atoms with van der Waals surface area (Å²) in [6.07, 6.45) is 5.14. The normalized spacial score (nSPS) is 15.6. The van der Waals surface area contributed by atoms with Gasteiger partial charge in [0.05, 0.1) is 0 Å². The van der Waals surface area contributed by atoms with Gasteiger partial charge in [0.2, 0.25) is 5.91 Å². The second-order valence-corrected chi connectivity index (χ2v) is 4.60. The van der Waals surface area contributed by atoms with Gasteiger partial charge in [0.25, 0.3) is 0 Å². The third kappa shape index (κ3) is 2.65. The lowest BCUT2D eigenvalue weighted by Gasteiger charge is -2.29. The molecule has 1 aromatic heterocycles. The molecule has 1 aliphatic rings. The molecule has 0 aromatic carbocycles. The van der Waals surface area contributed by atoms with Crippen LogP contribution in [0.15, 0.2) is 4.52 Å². The average molecular weight is 237 g/mol. The van der Waals surface area contributed by atoms with Gasteiger partial charge in [-0.1, -0.05) is 24.9 Å². The summed E-state index contributed by atoms with van der Waals surface area (Å²) in [6, 6.07) is 0.354. The molecular formula is C12H19N3O2. The highest BCUT2D eigenvalue weighted by Crippen LogP contribution is 2.29. The second-order valence-electron chi connectivity index (χ2n) is 4.60. The summed E-state index contributed by atoms with van der Waals surface area (Å²) in [5.74, 6) is 0.885. The molecule has 0 radical (unpaired) electrons. The standard InChI is InChI=1S/C12H19N3O2/c1-3-4-8-15(11(16)10-6-5-7-10)12-13-9(2)14-17-12/h10H,3-8H2,1-2H3. The van der Waals surface area contributed by atoms with Crippen LogP contribution in [0.25, 0.3) is 0 Å². The second kappa shape index (κ2) is 5.29. The van der Waals surface area contributed by atoms with E-state index in [4.69, 9.17) is 4.52 Å². The summed E-state index contributed by atoms with van der Waals surface area (Å²) in [4.78, 5) is 18.1. The molecule has 1 aliphatic carbocycles. The Bertz CT molecular complexity index is 385. The van der Waals surface area contributed by atoms with Crippen molar-refractivity contribution < 1.29 is 9.32 Å². The first-order valence-corrected chi connectivity index (χ1v) is 6.34. The largest absolute Gasteiger partial charge is 0.330 e. The van der Waals surface area contributed by atoms with Crippen LogP contribution < -0.4 is 4.90 Å². The van der Waals surface area contributed by atoms with E-state index in [1.807, 2.05) is 0 Å². The monoisotopic (exact) mass is 237 g/mol. The highest BCUT2D eigenvalue weighted by atomic mass is 16.5. The summed E-state index contributed by atoms with van der Waals surface area (Å²) < 4.78 is 5.11. The highest BCUT2D eigenvalue weighted by Gasteiger charge is 2.32. The number of aromatic nitrogens is 2. The van der Waals surface area contributed by atoms with Gasteiger partial charge in [-0.3, -0.25) is 9.69 Å². The lowest BCUT2D eigenvalue weighted by Crippen LogP contribution is -2.39. The van der Waals surface area contributed by atoms with Gasteiger partial charge in [0, 0.05) is 12.5 Å². The van der Waals surface area contributed by atoms with Crippen LogP contribution >= 0.6 is 0 Å². The number of nitrogens with zero attached hydrogens (tertiary/aromatic N) is 3. The van der Waals surface area contributed by atoms with Crippen LogP contribution in [0.3, 0.4) is 0 Å². The topological polar surface area (TPSA) is 59.2 Å². The van der Waals surface area contributed by atoms with Crippen LogP contribution in [0.5, 0.6) is 0 Å². The molecule has 2 rings (SSSR count). The molecule has 0 aliphatic heterocycles. The molecule has 0 bridgehead atoms. The van der Waals surface area contributed by atoms with E-state index < -0.39 is 0 Å². The van der Waals surface area contributed by atoms with E-state index >= 15 is 0 Å². The number of aryl methyl sites for hydroxylation is 1. The van der Waals surface area contributed by atoms with Gasteiger partial charge in [-0.25, -0.2) is 0 Å². The van der Waals surface area contributed by atoms with E-state index in [9.17, 15) is 4.79 Å². The van der Waals surface area contributed by atoms with Crippen molar-refractivity contribution in [3.63, 3.8) is 0 Å². The summed E-state index contributed by atoms with van der Waals surface area (Å²) in [5.41, 5.74) is 0. The minimum atomic E-state index is 0.147. The van der Waals surface area contributed by atoms with Crippen molar-refractivity contribution in [1.82, 2.24) is 10.1 Å². The predicted molar refractivity (Wildman–Crippen MR) is 63.6 cm³/mol. The Morgan fingerprint density at radius 2 is 2.29 bits per heavy atom. The average Bonchev–Trinajstić information content (AvgIpc) is 2.63. The summed E-state index contributed by atoms with van der Waals surface area (Å²) in [7, 11) is 0. The molecule has 17 heavy (non-hydrogen) atoms. The molecule has 1 amide bonds. The summed E-state index contributed by atoms with van der Waals surface area (Å²) >= 11 is 0. The van der Waals surface area contributed by atoms with E-state index in [2.05, 4.69) is 17.1 Å². The van der Waals surface area contributed by atoms with E-state index in [1.54, 1.807) is 11.8 Å². The summed E-state index contributed by atoms with van der Waals surface area (Å²) in [5, 5.41) is 3.75. The van der Waals surface area contributed by atoms with Crippen molar-refractivity contribution in [3.05, 3.63) is 5.82 Å². The number of hydrogen-bond donors (Lipinski definition) is 0. The minimum Gasteiger partial charge on any atom is -0.315 e. The molecule has 0 N–H and O–H groups in total. The Hall–Kier alpha value is -1.39. The molecule has 1 saturated carbocycles. The van der Waals surface area contributed by atoms with Gasteiger partial charge in [0.1, 0.15) is 0 Å². The Morgan fingerprint density at radius 1 is 1.53 bits per heavy atom. The zero-order chi connectivity index (χ0) is 12.3. The van der Waals surface area contributed by atoms with Gasteiger partial charge in [-0.2, -0.15) is 4.98 Å². The van der Waals surface area contributed by atoms with Gasteiger partial charge in [-0.05, 0) is 26.2 Å². The molecular weight excluding hydrogens is 218 g/mol. The SMILES string of the molecule is CCCCN(C(=O)C1CCC1)c1nc(C)no1. The minimum absolute atomic E-state index is 0.147. The lowest BCUT2D eigenvalue weighted by molar-refractivity contribution is -0.125. The van der Waals surface area contributed by atoms with Gasteiger partial charge in [-0.15, -0.1) is 0 Å². The molecule has 0 spiro atoms. The fourth-order valence-corrected chi connectivity index (χ4v) is 1.89. The maximum atomic E-state index is 12.2. The maximum absolute atomic E-state index is 12.2. The number of rotatable bonds is 5. The predicted octanol–water partition coefficient (Wildman–Crippen LogP) is 2.31. The van der Waals surface area contributed by atoms with Crippen LogP contribution in [0.1, 0.15) is 44.9 Å². The molecule has 0 saturated heterocycles. The first kappa shape index (κ1) is 12.1. The third-order valence-electron chi connectivity index (χ3n) is 3.20. The molecule has 1 fully saturated rings. The van der Waals surface area contributed by atoms with Gasteiger partial charge < -0.3 is 4.52 Å². The lowest BCUT2D eigenvalue weighted by atomic mass is 9.84. The Balaban J connectivity index is 2.09. The van der Waals surface area contributed by atoms with E-state index in [0.29, 0.717) is 18.4 Å². The molecule has 1 aromatic rings. The molecule has 5 heteroatoms. The molecule has 5 nitrogen and oxygen atoms in total. The Kier molecular flexibility index (Phi) is 3.76. The van der Waals surface area contributed by atoms with E-state index in [-0.39, 0.29) is 11.8 Å². The van der Waals surface area contributed by atoms with Crippen LogP contribution in [0.2, 0.25) is 0 Å². The molecule has 94 valence electrons. The van der Waals surface area contributed by atoms with Crippen molar-refractivity contribution in [2.45, 2.75) is 46.0 Å². The summed E-state index contributed by atoms with van der Waals surface area (Å²) in [6.45, 7) is 4.54. The number of unbranched alkanes of at least 4 members (excludes halogenated alkanes) is 1. The Labute approximate surface area is 101 Å². The van der Waals surface area contributed by atoms with Crippen molar-refractivity contribution in [1.29, 1.82) is 0 Å². The number of anilines is 1. The van der Waals surface area contributed by atoms with Crippen molar-refractivity contribution in [3.8, 4) is 0 Å². The van der Waals surface area contributed by atoms with Crippen molar-refractivity contribution in [2.24, 2.45) is 5.92 Å². The number of hydrogen-bond acceptors (Lipinski definition) is 4. The Morgan fingerprint density at radius 3 is 2.76 bits per heavy atom. The number of carbonyl (C=O) groups excluding carboxylic acids is 1. The van der Waals surface area contributed by atoms with Crippen molar-refractivity contribution >= 4 is 11.9 Å². The van der Waals surface area contributed by atoms with Crippen LogP contribution in [0, 0.1) is 12.8 Å². The molecule has 0 atom stereocenters.